The van der Waals surface area contributed by atoms with Crippen molar-refractivity contribution < 1.29 is 27.5 Å². The number of nitrogens with one attached hydrogen (secondary N) is 1. The van der Waals surface area contributed by atoms with E-state index in [0.29, 0.717) is 11.8 Å². The highest BCUT2D eigenvalue weighted by atomic mass is 19.2. The van der Waals surface area contributed by atoms with Crippen molar-refractivity contribution in [2.24, 2.45) is 0 Å². The summed E-state index contributed by atoms with van der Waals surface area (Å²) in [6.07, 6.45) is -0.229. The second-order valence-corrected chi connectivity index (χ2v) is 5.07. The number of para-hydroxylation sites is 1. The zero-order valence-corrected chi connectivity index (χ0v) is 12.9. The fourth-order valence-corrected chi connectivity index (χ4v) is 2.07. The summed E-state index contributed by atoms with van der Waals surface area (Å²) < 4.78 is 44.7. The Morgan fingerprint density at radius 1 is 1.08 bits per heavy atom. The molecule has 1 N–H and O–H groups in total. The molecular weight excluding hydrogens is 323 g/mol. The van der Waals surface area contributed by atoms with Crippen LogP contribution in [0.25, 0.3) is 0 Å². The van der Waals surface area contributed by atoms with E-state index in [1.807, 2.05) is 0 Å². The van der Waals surface area contributed by atoms with E-state index in [2.05, 4.69) is 10.2 Å². The summed E-state index contributed by atoms with van der Waals surface area (Å²) in [5.74, 6) is -3.39. The topological polar surface area (TPSA) is 47.6 Å². The molecule has 1 unspecified atom stereocenters. The van der Waals surface area contributed by atoms with Gasteiger partial charge in [-0.2, -0.15) is 5.48 Å². The third-order valence-electron chi connectivity index (χ3n) is 3.28. The molecule has 0 heterocycles. The van der Waals surface area contributed by atoms with E-state index in [1.165, 1.54) is 7.11 Å². The number of benzene rings is 2. The smallest absolute Gasteiger partial charge is 0.307 e. The number of hydrogen-bond donors (Lipinski definition) is 1. The van der Waals surface area contributed by atoms with Gasteiger partial charge < -0.3 is 9.57 Å². The molecule has 2 aromatic carbocycles. The van der Waals surface area contributed by atoms with E-state index in [4.69, 9.17) is 4.84 Å². The van der Waals surface area contributed by atoms with E-state index in [1.54, 1.807) is 30.3 Å². The standard InChI is InChI=1S/C17H16F3NO3/c1-23-17(22)9-12(21-24-13-5-3-2-4-6-13)7-11-8-15(19)16(20)10-14(11)18/h2-6,8,10,12,21H,7,9H2,1H3. The normalized spacial score (nSPS) is 11.8. The van der Waals surface area contributed by atoms with Crippen LogP contribution in [-0.2, 0) is 16.0 Å². The molecule has 0 fully saturated rings. The van der Waals surface area contributed by atoms with Crippen LogP contribution in [0.15, 0.2) is 42.5 Å². The van der Waals surface area contributed by atoms with Gasteiger partial charge in [0.15, 0.2) is 11.6 Å². The van der Waals surface area contributed by atoms with Crippen LogP contribution in [0.1, 0.15) is 12.0 Å². The average Bonchev–Trinajstić information content (AvgIpc) is 2.58. The van der Waals surface area contributed by atoms with E-state index in [-0.39, 0.29) is 18.4 Å². The van der Waals surface area contributed by atoms with Crippen molar-refractivity contribution >= 4 is 5.97 Å². The number of halogens is 3. The van der Waals surface area contributed by atoms with Gasteiger partial charge in [-0.3, -0.25) is 4.79 Å². The fraction of sp³-hybridized carbons (Fsp3) is 0.235. The summed E-state index contributed by atoms with van der Waals surface area (Å²) in [5, 5.41) is 0. The van der Waals surface area contributed by atoms with Crippen LogP contribution in [0.5, 0.6) is 5.75 Å². The summed E-state index contributed by atoms with van der Waals surface area (Å²) in [7, 11) is 1.22. The van der Waals surface area contributed by atoms with Crippen molar-refractivity contribution in [3.8, 4) is 5.75 Å². The highest BCUT2D eigenvalue weighted by Gasteiger charge is 2.19. The van der Waals surface area contributed by atoms with Gasteiger partial charge in [0.2, 0.25) is 0 Å². The van der Waals surface area contributed by atoms with E-state index >= 15 is 0 Å². The van der Waals surface area contributed by atoms with Gasteiger partial charge in [0, 0.05) is 6.07 Å². The number of carbonyl (C=O) groups excluding carboxylic acids is 1. The maximum absolute atomic E-state index is 13.8. The second kappa shape index (κ2) is 8.35. The van der Waals surface area contributed by atoms with Gasteiger partial charge in [0.1, 0.15) is 11.6 Å². The summed E-state index contributed by atoms with van der Waals surface area (Å²) in [5.41, 5.74) is 2.55. The molecule has 0 radical (unpaired) electrons. The molecule has 2 aromatic rings. The van der Waals surface area contributed by atoms with Crippen LogP contribution >= 0.6 is 0 Å². The number of ether oxygens (including phenoxy) is 1. The zero-order chi connectivity index (χ0) is 17.5. The molecule has 4 nitrogen and oxygen atoms in total. The maximum atomic E-state index is 13.8. The summed E-state index contributed by atoms with van der Waals surface area (Å²) >= 11 is 0. The lowest BCUT2D eigenvalue weighted by molar-refractivity contribution is -0.141. The summed E-state index contributed by atoms with van der Waals surface area (Å²) in [4.78, 5) is 16.8. The zero-order valence-electron chi connectivity index (χ0n) is 12.9. The number of hydroxylamine groups is 1. The predicted octanol–water partition coefficient (Wildman–Crippen LogP) is 3.16. The number of methoxy groups -OCH3 is 1. The molecule has 0 aliphatic heterocycles. The molecule has 7 heteroatoms. The van der Waals surface area contributed by atoms with Crippen molar-refractivity contribution in [3.05, 3.63) is 65.5 Å². The van der Waals surface area contributed by atoms with Crippen LogP contribution < -0.4 is 10.3 Å². The van der Waals surface area contributed by atoms with Crippen molar-refractivity contribution in [3.63, 3.8) is 0 Å². The number of hydrogen-bond acceptors (Lipinski definition) is 4. The summed E-state index contributed by atoms with van der Waals surface area (Å²) in [6, 6.07) is 9.20. The molecule has 0 bridgehead atoms. The van der Waals surface area contributed by atoms with Crippen molar-refractivity contribution in [1.82, 2.24) is 5.48 Å². The first-order valence-electron chi connectivity index (χ1n) is 7.17. The first kappa shape index (κ1) is 17.8. The predicted molar refractivity (Wildman–Crippen MR) is 80.6 cm³/mol. The molecule has 1 atom stereocenters. The van der Waals surface area contributed by atoms with Crippen LogP contribution in [0, 0.1) is 17.5 Å². The third-order valence-corrected chi connectivity index (χ3v) is 3.28. The first-order chi connectivity index (χ1) is 11.5. The van der Waals surface area contributed by atoms with E-state index in [9.17, 15) is 18.0 Å². The summed E-state index contributed by atoms with van der Waals surface area (Å²) in [6.45, 7) is 0. The lowest BCUT2D eigenvalue weighted by Gasteiger charge is -2.18. The van der Waals surface area contributed by atoms with Crippen molar-refractivity contribution in [2.75, 3.05) is 7.11 Å². The van der Waals surface area contributed by atoms with Gasteiger partial charge in [-0.15, -0.1) is 0 Å². The minimum Gasteiger partial charge on any atom is -0.469 e. The SMILES string of the molecule is COC(=O)CC(Cc1cc(F)c(F)cc1F)NOc1ccccc1. The van der Waals surface area contributed by atoms with Gasteiger partial charge in [-0.1, -0.05) is 18.2 Å². The Balaban J connectivity index is 2.11. The minimum atomic E-state index is -1.27. The first-order valence-corrected chi connectivity index (χ1v) is 7.17. The molecule has 0 aromatic heterocycles. The highest BCUT2D eigenvalue weighted by Crippen LogP contribution is 2.17. The minimum absolute atomic E-state index is 0.0769. The Morgan fingerprint density at radius 3 is 2.42 bits per heavy atom. The molecule has 0 saturated carbocycles. The third kappa shape index (κ3) is 4.99. The number of carbonyl (C=O) groups is 1. The van der Waals surface area contributed by atoms with Gasteiger partial charge in [0.25, 0.3) is 0 Å². The lowest BCUT2D eigenvalue weighted by atomic mass is 10.0. The van der Waals surface area contributed by atoms with Crippen molar-refractivity contribution in [2.45, 2.75) is 18.9 Å². The Bertz CT molecular complexity index is 695. The Morgan fingerprint density at radius 2 is 1.75 bits per heavy atom. The van der Waals surface area contributed by atoms with Crippen LogP contribution in [0.4, 0.5) is 13.2 Å². The maximum Gasteiger partial charge on any atom is 0.307 e. The molecular formula is C17H16F3NO3. The molecule has 24 heavy (non-hydrogen) atoms. The van der Waals surface area contributed by atoms with E-state index < -0.39 is 29.5 Å². The molecule has 2 rings (SSSR count). The monoisotopic (exact) mass is 339 g/mol. The average molecular weight is 339 g/mol. The van der Waals surface area contributed by atoms with Gasteiger partial charge >= 0.3 is 5.97 Å². The van der Waals surface area contributed by atoms with Gasteiger partial charge in [-0.25, -0.2) is 13.2 Å². The molecule has 0 aliphatic carbocycles. The Kier molecular flexibility index (Phi) is 6.20. The Hall–Kier alpha value is -2.54. The van der Waals surface area contributed by atoms with E-state index in [0.717, 1.165) is 6.07 Å². The number of rotatable bonds is 7. The second-order valence-electron chi connectivity index (χ2n) is 5.07. The van der Waals surface area contributed by atoms with Gasteiger partial charge in [-0.05, 0) is 30.2 Å². The Labute approximate surface area is 137 Å². The molecule has 128 valence electrons. The fourth-order valence-electron chi connectivity index (χ4n) is 2.07. The molecule has 0 aliphatic rings. The quantitative estimate of drug-likeness (QED) is 0.478. The molecule has 0 saturated heterocycles. The molecule has 0 amide bonds. The van der Waals surface area contributed by atoms with Crippen LogP contribution in [-0.4, -0.2) is 19.1 Å². The molecule has 0 spiro atoms. The highest BCUT2D eigenvalue weighted by molar-refractivity contribution is 5.69. The van der Waals surface area contributed by atoms with Crippen LogP contribution in [0.3, 0.4) is 0 Å². The van der Waals surface area contributed by atoms with Crippen molar-refractivity contribution in [1.29, 1.82) is 0 Å². The largest absolute Gasteiger partial charge is 0.469 e. The lowest BCUT2D eigenvalue weighted by Crippen LogP contribution is -2.36. The van der Waals surface area contributed by atoms with Gasteiger partial charge in [0.05, 0.1) is 19.6 Å². The number of esters is 1. The van der Waals surface area contributed by atoms with Crippen LogP contribution in [0.2, 0.25) is 0 Å².